The second-order valence-corrected chi connectivity index (χ2v) is 7.20. The quantitative estimate of drug-likeness (QED) is 0.833. The number of benzene rings is 1. The minimum Gasteiger partial charge on any atom is -0.392 e. The first-order chi connectivity index (χ1) is 9.83. The number of aliphatic hydroxyl groups is 1. The number of hydrogen-bond acceptors (Lipinski definition) is 4. The first-order valence-electron chi connectivity index (χ1n) is 6.78. The average Bonchev–Trinajstić information content (AvgIpc) is 2.40. The highest BCUT2D eigenvalue weighted by Gasteiger charge is 2.38. The maximum Gasteiger partial charge on any atom is 0.240 e. The number of ether oxygens (including phenoxy) is 1. The molecule has 1 fully saturated rings. The number of halogens is 1. The van der Waals surface area contributed by atoms with E-state index in [9.17, 15) is 12.8 Å². The molecule has 118 valence electrons. The van der Waals surface area contributed by atoms with Crippen molar-refractivity contribution in [2.45, 2.75) is 43.3 Å². The van der Waals surface area contributed by atoms with Gasteiger partial charge in [-0.2, -0.15) is 0 Å². The van der Waals surface area contributed by atoms with Gasteiger partial charge in [-0.3, -0.25) is 0 Å². The molecule has 7 heteroatoms. The molecule has 0 heterocycles. The molecule has 1 aromatic carbocycles. The van der Waals surface area contributed by atoms with Crippen LogP contribution in [0.4, 0.5) is 4.39 Å². The predicted octanol–water partition coefficient (Wildman–Crippen LogP) is 1.47. The van der Waals surface area contributed by atoms with E-state index in [1.54, 1.807) is 7.11 Å². The first-order valence-corrected chi connectivity index (χ1v) is 8.26. The molecule has 0 unspecified atom stereocenters. The molecule has 21 heavy (non-hydrogen) atoms. The Hall–Kier alpha value is -1.02. The van der Waals surface area contributed by atoms with E-state index in [1.165, 1.54) is 13.0 Å². The van der Waals surface area contributed by atoms with Crippen molar-refractivity contribution in [1.82, 2.24) is 4.72 Å². The van der Waals surface area contributed by atoms with Crippen LogP contribution in [0.3, 0.4) is 0 Å². The molecule has 1 saturated carbocycles. The molecular weight excluding hydrogens is 297 g/mol. The van der Waals surface area contributed by atoms with Crippen LogP contribution in [0, 0.1) is 12.7 Å². The second kappa shape index (κ2) is 6.00. The van der Waals surface area contributed by atoms with E-state index in [4.69, 9.17) is 9.84 Å². The zero-order valence-electron chi connectivity index (χ0n) is 12.1. The number of hydrogen-bond donors (Lipinski definition) is 2. The van der Waals surface area contributed by atoms with Gasteiger partial charge in [0.05, 0.1) is 17.1 Å². The van der Waals surface area contributed by atoms with Gasteiger partial charge in [-0.15, -0.1) is 0 Å². The number of methoxy groups -OCH3 is 1. The normalized spacial score (nSPS) is 17.5. The third-order valence-corrected chi connectivity index (χ3v) is 5.45. The molecule has 1 aliphatic carbocycles. The van der Waals surface area contributed by atoms with Crippen LogP contribution < -0.4 is 4.72 Å². The monoisotopic (exact) mass is 317 g/mol. The molecule has 0 amide bonds. The zero-order valence-corrected chi connectivity index (χ0v) is 13.0. The van der Waals surface area contributed by atoms with Gasteiger partial charge in [0.1, 0.15) is 5.82 Å². The van der Waals surface area contributed by atoms with Crippen molar-refractivity contribution in [3.05, 3.63) is 29.1 Å². The third kappa shape index (κ3) is 3.26. The van der Waals surface area contributed by atoms with Crippen molar-refractivity contribution in [3.8, 4) is 0 Å². The molecule has 0 saturated heterocycles. The summed E-state index contributed by atoms with van der Waals surface area (Å²) in [6.45, 7) is 1.12. The fourth-order valence-electron chi connectivity index (χ4n) is 2.41. The summed E-state index contributed by atoms with van der Waals surface area (Å²) in [7, 11) is -2.19. The fourth-order valence-corrected chi connectivity index (χ4v) is 3.66. The van der Waals surface area contributed by atoms with Gasteiger partial charge >= 0.3 is 0 Å². The van der Waals surface area contributed by atoms with E-state index in [2.05, 4.69) is 4.72 Å². The number of aliphatic hydroxyl groups excluding tert-OH is 1. The number of rotatable bonds is 6. The van der Waals surface area contributed by atoms with E-state index in [0.29, 0.717) is 0 Å². The Bertz CT molecular complexity index is 621. The van der Waals surface area contributed by atoms with Crippen LogP contribution in [0.5, 0.6) is 0 Å². The highest BCUT2D eigenvalue weighted by Crippen LogP contribution is 2.34. The Balaban J connectivity index is 2.21. The van der Waals surface area contributed by atoms with Crippen molar-refractivity contribution in [2.24, 2.45) is 0 Å². The van der Waals surface area contributed by atoms with Crippen LogP contribution in [-0.4, -0.2) is 32.8 Å². The summed E-state index contributed by atoms with van der Waals surface area (Å²) in [5.74, 6) is -0.580. The molecule has 1 aromatic rings. The SMILES string of the molecule is COC1(CNS(=O)(=O)c2cc(C)c(F)c(CO)c2)CCC1. The Morgan fingerprint density at radius 1 is 1.43 bits per heavy atom. The standard InChI is InChI=1S/C14H20FNO4S/c1-10-6-12(7-11(8-17)13(10)15)21(18,19)16-9-14(20-2)4-3-5-14/h6-7,16-17H,3-5,8-9H2,1-2H3. The predicted molar refractivity (Wildman–Crippen MR) is 75.8 cm³/mol. The minimum atomic E-state index is -3.76. The molecule has 0 aromatic heterocycles. The van der Waals surface area contributed by atoms with Crippen molar-refractivity contribution >= 4 is 10.0 Å². The number of nitrogens with one attached hydrogen (secondary N) is 1. The van der Waals surface area contributed by atoms with Crippen molar-refractivity contribution in [3.63, 3.8) is 0 Å². The lowest BCUT2D eigenvalue weighted by molar-refractivity contribution is -0.0659. The molecule has 1 aliphatic rings. The molecule has 2 N–H and O–H groups in total. The van der Waals surface area contributed by atoms with Gasteiger partial charge < -0.3 is 9.84 Å². The number of sulfonamides is 1. The topological polar surface area (TPSA) is 75.6 Å². The Kier molecular flexibility index (Phi) is 4.67. The average molecular weight is 317 g/mol. The fraction of sp³-hybridized carbons (Fsp3) is 0.571. The lowest BCUT2D eigenvalue weighted by atomic mass is 9.80. The van der Waals surface area contributed by atoms with Crippen LogP contribution >= 0.6 is 0 Å². The van der Waals surface area contributed by atoms with E-state index in [1.807, 2.05) is 0 Å². The summed E-state index contributed by atoms with van der Waals surface area (Å²) >= 11 is 0. The van der Waals surface area contributed by atoms with Crippen LogP contribution in [0.2, 0.25) is 0 Å². The summed E-state index contributed by atoms with van der Waals surface area (Å²) in [6, 6.07) is 2.42. The highest BCUT2D eigenvalue weighted by atomic mass is 32.2. The van der Waals surface area contributed by atoms with Crippen molar-refractivity contribution in [2.75, 3.05) is 13.7 Å². The zero-order chi connectivity index (χ0) is 15.7. The largest absolute Gasteiger partial charge is 0.392 e. The van der Waals surface area contributed by atoms with Crippen LogP contribution in [0.25, 0.3) is 0 Å². The lowest BCUT2D eigenvalue weighted by Gasteiger charge is -2.40. The Morgan fingerprint density at radius 2 is 2.10 bits per heavy atom. The van der Waals surface area contributed by atoms with Gasteiger partial charge in [0.25, 0.3) is 0 Å². The summed E-state index contributed by atoms with van der Waals surface area (Å²) in [4.78, 5) is -0.0453. The van der Waals surface area contributed by atoms with E-state index in [0.717, 1.165) is 25.3 Å². The van der Waals surface area contributed by atoms with Gasteiger partial charge in [0.2, 0.25) is 10.0 Å². The van der Waals surface area contributed by atoms with E-state index in [-0.39, 0.29) is 22.6 Å². The molecule has 0 spiro atoms. The molecule has 0 aliphatic heterocycles. The third-order valence-electron chi connectivity index (χ3n) is 4.07. The van der Waals surface area contributed by atoms with E-state index < -0.39 is 28.0 Å². The van der Waals surface area contributed by atoms with Crippen molar-refractivity contribution in [1.29, 1.82) is 0 Å². The highest BCUT2D eigenvalue weighted by molar-refractivity contribution is 7.89. The van der Waals surface area contributed by atoms with Gasteiger partial charge in [-0.05, 0) is 43.9 Å². The van der Waals surface area contributed by atoms with Crippen molar-refractivity contribution < 1.29 is 22.7 Å². The lowest BCUT2D eigenvalue weighted by Crippen LogP contribution is -2.49. The smallest absolute Gasteiger partial charge is 0.240 e. The molecule has 0 bridgehead atoms. The summed E-state index contributed by atoms with van der Waals surface area (Å²) in [5, 5.41) is 9.10. The maximum atomic E-state index is 13.7. The molecule has 0 atom stereocenters. The number of aryl methyl sites for hydroxylation is 1. The van der Waals surface area contributed by atoms with Gasteiger partial charge in [-0.1, -0.05) is 0 Å². The van der Waals surface area contributed by atoms with Crippen LogP contribution in [-0.2, 0) is 21.4 Å². The second-order valence-electron chi connectivity index (χ2n) is 5.44. The Morgan fingerprint density at radius 3 is 2.57 bits per heavy atom. The summed E-state index contributed by atoms with van der Waals surface area (Å²) in [6.07, 6.45) is 2.65. The minimum absolute atomic E-state index is 0.0273. The molecule has 2 rings (SSSR count). The summed E-state index contributed by atoms with van der Waals surface area (Å²) < 4.78 is 46.1. The molecule has 0 radical (unpaired) electrons. The van der Waals surface area contributed by atoms with Gasteiger partial charge in [-0.25, -0.2) is 17.5 Å². The van der Waals surface area contributed by atoms with E-state index >= 15 is 0 Å². The van der Waals surface area contributed by atoms with Crippen LogP contribution in [0.1, 0.15) is 30.4 Å². The summed E-state index contributed by atoms with van der Waals surface area (Å²) in [5.41, 5.74) is -0.269. The maximum absolute atomic E-state index is 13.7. The van der Waals surface area contributed by atoms with Gasteiger partial charge in [0.15, 0.2) is 0 Å². The Labute approximate surface area is 124 Å². The molecular formula is C14H20FNO4S. The first kappa shape index (κ1) is 16.4. The van der Waals surface area contributed by atoms with Gasteiger partial charge in [0, 0.05) is 19.2 Å². The molecule has 5 nitrogen and oxygen atoms in total. The van der Waals surface area contributed by atoms with Crippen LogP contribution in [0.15, 0.2) is 17.0 Å².